The van der Waals surface area contributed by atoms with Gasteiger partial charge in [0, 0.05) is 55.0 Å². The first kappa shape index (κ1) is 26.4. The number of para-hydroxylation sites is 1. The molecule has 1 heterocycles. The summed E-state index contributed by atoms with van der Waals surface area (Å²) in [5.41, 5.74) is 2.87. The summed E-state index contributed by atoms with van der Waals surface area (Å²) in [7, 11) is 8.20. The second kappa shape index (κ2) is 12.1. The van der Waals surface area contributed by atoms with E-state index in [1.54, 1.807) is 41.6 Å². The van der Waals surface area contributed by atoms with Crippen molar-refractivity contribution in [3.63, 3.8) is 0 Å². The van der Waals surface area contributed by atoms with Gasteiger partial charge >= 0.3 is 0 Å². The average Bonchev–Trinajstić information content (AvgIpc) is 2.94. The molecule has 3 aromatic rings. The number of benzene rings is 3. The topological polar surface area (TPSA) is 72.9 Å². The number of phenols is 1. The normalized spacial score (nSPS) is 14.8. The van der Waals surface area contributed by atoms with Gasteiger partial charge in [0.1, 0.15) is 23.0 Å². The molecule has 3 aromatic carbocycles. The third-order valence-electron chi connectivity index (χ3n) is 6.85. The summed E-state index contributed by atoms with van der Waals surface area (Å²) in [6.45, 7) is 2.97. The molecule has 8 nitrogen and oxygen atoms in total. The van der Waals surface area contributed by atoms with E-state index >= 15 is 0 Å². The SMILES string of the molecule is COc1ccc(CN2CCCN(Cc3ccc(OC)cc3OC)C2c2cccc(OC)c2O)c(OC)c1. The zero-order valence-electron chi connectivity index (χ0n) is 22.2. The fourth-order valence-corrected chi connectivity index (χ4v) is 4.99. The molecule has 0 aliphatic carbocycles. The largest absolute Gasteiger partial charge is 0.504 e. The van der Waals surface area contributed by atoms with E-state index in [2.05, 4.69) is 9.80 Å². The smallest absolute Gasteiger partial charge is 0.163 e. The Labute approximate surface area is 218 Å². The monoisotopic (exact) mass is 508 g/mol. The lowest BCUT2D eigenvalue weighted by molar-refractivity contribution is -0.0112. The van der Waals surface area contributed by atoms with Crippen LogP contribution in [0.4, 0.5) is 0 Å². The van der Waals surface area contributed by atoms with Crippen LogP contribution in [0.2, 0.25) is 0 Å². The van der Waals surface area contributed by atoms with Gasteiger partial charge in [-0.3, -0.25) is 9.80 Å². The summed E-state index contributed by atoms with van der Waals surface area (Å²) in [5, 5.41) is 11.2. The van der Waals surface area contributed by atoms with Crippen LogP contribution >= 0.6 is 0 Å². The Morgan fingerprint density at radius 3 is 1.65 bits per heavy atom. The standard InChI is InChI=1S/C29H36N2O6/c1-33-22-12-10-20(26(16-22)36-4)18-30-14-7-15-31(19-21-11-13-23(34-2)17-27(21)37-5)29(30)24-8-6-9-25(35-3)28(24)32/h6,8-13,16-17,29,32H,7,14-15,18-19H2,1-5H3. The molecule has 0 aromatic heterocycles. The molecule has 1 aliphatic heterocycles. The molecule has 8 heteroatoms. The van der Waals surface area contributed by atoms with E-state index in [1.807, 2.05) is 48.5 Å². The van der Waals surface area contributed by atoms with Crippen LogP contribution in [-0.4, -0.2) is 63.5 Å². The van der Waals surface area contributed by atoms with E-state index in [0.29, 0.717) is 18.8 Å². The van der Waals surface area contributed by atoms with Crippen molar-refractivity contribution in [1.29, 1.82) is 0 Å². The Morgan fingerprint density at radius 2 is 1.19 bits per heavy atom. The number of phenolic OH excluding ortho intramolecular Hbond substituents is 1. The molecule has 198 valence electrons. The molecule has 0 radical (unpaired) electrons. The third-order valence-corrected chi connectivity index (χ3v) is 6.85. The molecule has 1 N–H and O–H groups in total. The minimum Gasteiger partial charge on any atom is -0.504 e. The molecular formula is C29H36N2O6. The summed E-state index contributed by atoms with van der Waals surface area (Å²) in [4.78, 5) is 4.72. The number of nitrogens with zero attached hydrogens (tertiary/aromatic N) is 2. The zero-order valence-corrected chi connectivity index (χ0v) is 22.2. The zero-order chi connectivity index (χ0) is 26.4. The predicted molar refractivity (Wildman–Crippen MR) is 142 cm³/mol. The van der Waals surface area contributed by atoms with Crippen molar-refractivity contribution in [2.24, 2.45) is 0 Å². The lowest BCUT2D eigenvalue weighted by Crippen LogP contribution is -2.47. The van der Waals surface area contributed by atoms with E-state index in [4.69, 9.17) is 23.7 Å². The van der Waals surface area contributed by atoms with Gasteiger partial charge in [-0.15, -0.1) is 0 Å². The second-order valence-corrected chi connectivity index (χ2v) is 8.92. The average molecular weight is 509 g/mol. The van der Waals surface area contributed by atoms with E-state index in [9.17, 15) is 5.11 Å². The van der Waals surface area contributed by atoms with Crippen LogP contribution in [-0.2, 0) is 13.1 Å². The molecule has 0 amide bonds. The first-order valence-corrected chi connectivity index (χ1v) is 12.3. The fraction of sp³-hybridized carbons (Fsp3) is 0.379. The molecule has 0 unspecified atom stereocenters. The van der Waals surface area contributed by atoms with Crippen LogP contribution in [0.15, 0.2) is 54.6 Å². The molecule has 1 aliphatic rings. The Kier molecular flexibility index (Phi) is 8.63. The van der Waals surface area contributed by atoms with Gasteiger partial charge in [0.2, 0.25) is 0 Å². The van der Waals surface area contributed by atoms with E-state index in [0.717, 1.165) is 59.2 Å². The maximum atomic E-state index is 11.2. The number of hydrogen-bond donors (Lipinski definition) is 1. The second-order valence-electron chi connectivity index (χ2n) is 8.92. The Morgan fingerprint density at radius 1 is 0.676 bits per heavy atom. The van der Waals surface area contributed by atoms with Crippen LogP contribution in [0.5, 0.6) is 34.5 Å². The molecule has 0 spiro atoms. The van der Waals surface area contributed by atoms with Gasteiger partial charge in [0.25, 0.3) is 0 Å². The van der Waals surface area contributed by atoms with Crippen molar-refractivity contribution in [2.45, 2.75) is 25.7 Å². The summed E-state index contributed by atoms with van der Waals surface area (Å²) in [6, 6.07) is 17.4. The first-order chi connectivity index (χ1) is 18.0. The number of hydrogen-bond acceptors (Lipinski definition) is 8. The lowest BCUT2D eigenvalue weighted by atomic mass is 10.0. The highest BCUT2D eigenvalue weighted by Crippen LogP contribution is 2.42. The van der Waals surface area contributed by atoms with E-state index in [-0.39, 0.29) is 11.9 Å². The van der Waals surface area contributed by atoms with Crippen molar-refractivity contribution in [3.8, 4) is 34.5 Å². The van der Waals surface area contributed by atoms with Crippen LogP contribution in [0.25, 0.3) is 0 Å². The van der Waals surface area contributed by atoms with Gasteiger partial charge in [-0.25, -0.2) is 0 Å². The molecule has 1 saturated heterocycles. The van der Waals surface area contributed by atoms with Gasteiger partial charge in [-0.1, -0.05) is 24.3 Å². The van der Waals surface area contributed by atoms with Crippen molar-refractivity contribution < 1.29 is 28.8 Å². The van der Waals surface area contributed by atoms with Crippen LogP contribution < -0.4 is 23.7 Å². The maximum absolute atomic E-state index is 11.2. The number of rotatable bonds is 10. The van der Waals surface area contributed by atoms with Gasteiger partial charge in [-0.05, 0) is 24.6 Å². The Balaban J connectivity index is 1.74. The highest BCUT2D eigenvalue weighted by atomic mass is 16.5. The fourth-order valence-electron chi connectivity index (χ4n) is 4.99. The molecule has 0 saturated carbocycles. The molecular weight excluding hydrogens is 472 g/mol. The van der Waals surface area contributed by atoms with Crippen LogP contribution in [0.3, 0.4) is 0 Å². The maximum Gasteiger partial charge on any atom is 0.163 e. The van der Waals surface area contributed by atoms with Gasteiger partial charge in [-0.2, -0.15) is 0 Å². The number of aromatic hydroxyl groups is 1. The molecule has 0 atom stereocenters. The molecule has 37 heavy (non-hydrogen) atoms. The highest BCUT2D eigenvalue weighted by Gasteiger charge is 2.34. The van der Waals surface area contributed by atoms with Crippen molar-refractivity contribution >= 4 is 0 Å². The molecule has 4 rings (SSSR count). The Hall–Kier alpha value is -3.62. The number of methoxy groups -OCH3 is 5. The first-order valence-electron chi connectivity index (χ1n) is 12.3. The van der Waals surface area contributed by atoms with Crippen molar-refractivity contribution in [1.82, 2.24) is 9.80 Å². The van der Waals surface area contributed by atoms with Gasteiger partial charge in [0.05, 0.1) is 41.7 Å². The Bertz CT molecular complexity index is 1140. The highest BCUT2D eigenvalue weighted by molar-refractivity contribution is 5.48. The van der Waals surface area contributed by atoms with Gasteiger partial charge in [0.15, 0.2) is 11.5 Å². The lowest BCUT2D eigenvalue weighted by Gasteiger charge is -2.44. The molecule has 0 bridgehead atoms. The van der Waals surface area contributed by atoms with Crippen molar-refractivity contribution in [2.75, 3.05) is 48.6 Å². The predicted octanol–water partition coefficient (Wildman–Crippen LogP) is 4.84. The number of ether oxygens (including phenoxy) is 5. The molecule has 1 fully saturated rings. The van der Waals surface area contributed by atoms with Crippen LogP contribution in [0, 0.1) is 0 Å². The van der Waals surface area contributed by atoms with Crippen LogP contribution in [0.1, 0.15) is 29.3 Å². The minimum atomic E-state index is -0.206. The third kappa shape index (κ3) is 5.70. The van der Waals surface area contributed by atoms with Crippen molar-refractivity contribution in [3.05, 3.63) is 71.3 Å². The van der Waals surface area contributed by atoms with Gasteiger partial charge < -0.3 is 28.8 Å². The van der Waals surface area contributed by atoms with E-state index in [1.165, 1.54) is 0 Å². The summed E-state index contributed by atoms with van der Waals surface area (Å²) in [6.07, 6.45) is 0.764. The summed E-state index contributed by atoms with van der Waals surface area (Å²) in [5.74, 6) is 3.62. The summed E-state index contributed by atoms with van der Waals surface area (Å²) >= 11 is 0. The van der Waals surface area contributed by atoms with E-state index < -0.39 is 0 Å². The minimum absolute atomic E-state index is 0.148. The quantitative estimate of drug-likeness (QED) is 0.417. The summed E-state index contributed by atoms with van der Waals surface area (Å²) < 4.78 is 27.6.